The van der Waals surface area contributed by atoms with Gasteiger partial charge >= 0.3 is 0 Å². The van der Waals surface area contributed by atoms with E-state index in [1.807, 2.05) is 24.3 Å². The largest absolute Gasteiger partial charge is 0.311 e. The Morgan fingerprint density at radius 2 is 2.06 bits per heavy atom. The molecule has 2 aromatic rings. The maximum Gasteiger partial charge on any atom is 0.251 e. The summed E-state index contributed by atoms with van der Waals surface area (Å²) in [6.45, 7) is 3.44. The SMILES string of the molecule is C=CC(=O)c1cc(=O)n(C)c2ccccc12. The van der Waals surface area contributed by atoms with Crippen molar-refractivity contribution < 1.29 is 4.79 Å². The van der Waals surface area contributed by atoms with Crippen molar-refractivity contribution in [2.24, 2.45) is 7.05 Å². The topological polar surface area (TPSA) is 39.1 Å². The van der Waals surface area contributed by atoms with E-state index in [-0.39, 0.29) is 11.3 Å². The van der Waals surface area contributed by atoms with Crippen LogP contribution in [0.15, 0.2) is 47.8 Å². The van der Waals surface area contributed by atoms with Gasteiger partial charge in [-0.25, -0.2) is 0 Å². The molecule has 3 nitrogen and oxygen atoms in total. The minimum atomic E-state index is -0.228. The normalized spacial score (nSPS) is 10.3. The molecule has 0 bridgehead atoms. The average molecular weight is 213 g/mol. The number of para-hydroxylation sites is 1. The van der Waals surface area contributed by atoms with Gasteiger partial charge in [-0.15, -0.1) is 0 Å². The summed E-state index contributed by atoms with van der Waals surface area (Å²) in [6.07, 6.45) is 1.22. The summed E-state index contributed by atoms with van der Waals surface area (Å²) in [5.74, 6) is -0.228. The van der Waals surface area contributed by atoms with E-state index < -0.39 is 0 Å². The number of ketones is 1. The van der Waals surface area contributed by atoms with Crippen LogP contribution in [0.5, 0.6) is 0 Å². The van der Waals surface area contributed by atoms with Crippen molar-refractivity contribution >= 4 is 16.7 Å². The van der Waals surface area contributed by atoms with Crippen LogP contribution in [0.3, 0.4) is 0 Å². The minimum absolute atomic E-state index is 0.191. The van der Waals surface area contributed by atoms with E-state index in [9.17, 15) is 9.59 Å². The molecule has 0 aliphatic heterocycles. The summed E-state index contributed by atoms with van der Waals surface area (Å²) in [6, 6.07) is 8.67. The zero-order valence-corrected chi connectivity index (χ0v) is 8.93. The van der Waals surface area contributed by atoms with Gasteiger partial charge < -0.3 is 4.57 Å². The maximum absolute atomic E-state index is 11.7. The van der Waals surface area contributed by atoms with Gasteiger partial charge in [0.2, 0.25) is 0 Å². The molecule has 1 heterocycles. The van der Waals surface area contributed by atoms with E-state index >= 15 is 0 Å². The fourth-order valence-electron chi connectivity index (χ4n) is 1.72. The Bertz CT molecular complexity index is 638. The Morgan fingerprint density at radius 3 is 2.75 bits per heavy atom. The smallest absolute Gasteiger partial charge is 0.251 e. The van der Waals surface area contributed by atoms with E-state index in [0.717, 1.165) is 10.9 Å². The molecule has 0 spiro atoms. The van der Waals surface area contributed by atoms with E-state index in [0.29, 0.717) is 5.56 Å². The molecule has 1 aromatic carbocycles. The first-order valence-corrected chi connectivity index (χ1v) is 4.90. The van der Waals surface area contributed by atoms with Gasteiger partial charge in [0.05, 0.1) is 5.52 Å². The van der Waals surface area contributed by atoms with Crippen LogP contribution in [0.1, 0.15) is 10.4 Å². The van der Waals surface area contributed by atoms with Crippen LogP contribution < -0.4 is 5.56 Å². The molecule has 0 saturated carbocycles. The number of fused-ring (bicyclic) bond motifs is 1. The van der Waals surface area contributed by atoms with Crippen LogP contribution in [-0.2, 0) is 7.05 Å². The second-order valence-electron chi connectivity index (χ2n) is 3.54. The summed E-state index contributed by atoms with van der Waals surface area (Å²) in [5, 5.41) is 0.773. The molecule has 0 aliphatic rings. The first kappa shape index (κ1) is 10.4. The van der Waals surface area contributed by atoms with E-state index in [1.165, 1.54) is 16.7 Å². The first-order valence-electron chi connectivity index (χ1n) is 4.90. The number of hydrogen-bond donors (Lipinski definition) is 0. The molecule has 1 aromatic heterocycles. The van der Waals surface area contributed by atoms with Gasteiger partial charge in [-0.1, -0.05) is 24.8 Å². The number of carbonyl (C=O) groups is 1. The van der Waals surface area contributed by atoms with Gasteiger partial charge in [-0.3, -0.25) is 9.59 Å². The Balaban J connectivity index is 2.95. The van der Waals surface area contributed by atoms with Crippen molar-refractivity contribution in [2.75, 3.05) is 0 Å². The molecule has 0 N–H and O–H groups in total. The molecule has 0 amide bonds. The van der Waals surface area contributed by atoms with Crippen LogP contribution in [-0.4, -0.2) is 10.4 Å². The number of aromatic nitrogens is 1. The highest BCUT2D eigenvalue weighted by atomic mass is 16.1. The highest BCUT2D eigenvalue weighted by Crippen LogP contribution is 2.16. The lowest BCUT2D eigenvalue weighted by Gasteiger charge is -2.07. The van der Waals surface area contributed by atoms with Crippen LogP contribution >= 0.6 is 0 Å². The van der Waals surface area contributed by atoms with Crippen molar-refractivity contribution in [2.45, 2.75) is 0 Å². The molecule has 0 radical (unpaired) electrons. The molecule has 2 rings (SSSR count). The number of hydrogen-bond acceptors (Lipinski definition) is 2. The zero-order chi connectivity index (χ0) is 11.7. The molecule has 0 aliphatic carbocycles. The van der Waals surface area contributed by atoms with Crippen molar-refractivity contribution in [1.82, 2.24) is 4.57 Å². The number of aryl methyl sites for hydroxylation is 1. The lowest BCUT2D eigenvalue weighted by molar-refractivity contribution is 0.104. The van der Waals surface area contributed by atoms with Gasteiger partial charge in [0.15, 0.2) is 5.78 Å². The van der Waals surface area contributed by atoms with Crippen molar-refractivity contribution in [3.05, 3.63) is 58.9 Å². The average Bonchev–Trinajstić information content (AvgIpc) is 2.33. The summed E-state index contributed by atoms with van der Waals surface area (Å²) in [7, 11) is 1.69. The van der Waals surface area contributed by atoms with Crippen LogP contribution in [0, 0.1) is 0 Å². The van der Waals surface area contributed by atoms with Crippen molar-refractivity contribution in [3.8, 4) is 0 Å². The summed E-state index contributed by atoms with van der Waals surface area (Å²) >= 11 is 0. The lowest BCUT2D eigenvalue weighted by atomic mass is 10.1. The number of benzene rings is 1. The second-order valence-corrected chi connectivity index (χ2v) is 3.54. The Morgan fingerprint density at radius 1 is 1.38 bits per heavy atom. The van der Waals surface area contributed by atoms with Gasteiger partial charge in [0.25, 0.3) is 5.56 Å². The number of pyridine rings is 1. The molecule has 16 heavy (non-hydrogen) atoms. The molecular weight excluding hydrogens is 202 g/mol. The molecule has 0 atom stereocenters. The Kier molecular flexibility index (Phi) is 2.44. The monoisotopic (exact) mass is 213 g/mol. The third-order valence-electron chi connectivity index (χ3n) is 2.60. The Labute approximate surface area is 92.6 Å². The van der Waals surface area contributed by atoms with E-state index in [2.05, 4.69) is 6.58 Å². The van der Waals surface area contributed by atoms with Crippen LogP contribution in [0.2, 0.25) is 0 Å². The summed E-state index contributed by atoms with van der Waals surface area (Å²) in [5.41, 5.74) is 0.970. The van der Waals surface area contributed by atoms with Gasteiger partial charge in [-0.2, -0.15) is 0 Å². The molecular formula is C13H11NO2. The fourth-order valence-corrected chi connectivity index (χ4v) is 1.72. The molecule has 0 fully saturated rings. The minimum Gasteiger partial charge on any atom is -0.311 e. The lowest BCUT2D eigenvalue weighted by Crippen LogP contribution is -2.18. The predicted molar refractivity (Wildman–Crippen MR) is 63.7 cm³/mol. The standard InChI is InChI=1S/C13H11NO2/c1-3-12(15)10-8-13(16)14(2)11-7-5-4-6-9(10)11/h3-8H,1H2,2H3. The second kappa shape index (κ2) is 3.77. The number of allylic oxidation sites excluding steroid dienone is 1. The quantitative estimate of drug-likeness (QED) is 0.564. The first-order chi connectivity index (χ1) is 7.65. The highest BCUT2D eigenvalue weighted by Gasteiger charge is 2.10. The zero-order valence-electron chi connectivity index (χ0n) is 8.93. The molecule has 3 heteroatoms. The maximum atomic E-state index is 11.7. The van der Waals surface area contributed by atoms with Gasteiger partial charge in [0, 0.05) is 24.1 Å². The Hall–Kier alpha value is -2.16. The van der Waals surface area contributed by atoms with Gasteiger partial charge in [0.1, 0.15) is 0 Å². The predicted octanol–water partition coefficient (Wildman–Crippen LogP) is 1.91. The van der Waals surface area contributed by atoms with Crippen molar-refractivity contribution in [1.29, 1.82) is 0 Å². The number of nitrogens with zero attached hydrogens (tertiary/aromatic N) is 1. The number of rotatable bonds is 2. The van der Waals surface area contributed by atoms with Crippen molar-refractivity contribution in [3.63, 3.8) is 0 Å². The third kappa shape index (κ3) is 1.46. The van der Waals surface area contributed by atoms with Gasteiger partial charge in [-0.05, 0) is 12.1 Å². The van der Waals surface area contributed by atoms with Crippen LogP contribution in [0.4, 0.5) is 0 Å². The van der Waals surface area contributed by atoms with E-state index in [4.69, 9.17) is 0 Å². The third-order valence-corrected chi connectivity index (χ3v) is 2.60. The van der Waals surface area contributed by atoms with Crippen LogP contribution in [0.25, 0.3) is 10.9 Å². The summed E-state index contributed by atoms with van der Waals surface area (Å²) in [4.78, 5) is 23.3. The molecule has 80 valence electrons. The fraction of sp³-hybridized carbons (Fsp3) is 0.0769. The molecule has 0 unspecified atom stereocenters. The molecule has 0 saturated heterocycles. The van der Waals surface area contributed by atoms with E-state index in [1.54, 1.807) is 7.05 Å². The highest BCUT2D eigenvalue weighted by molar-refractivity contribution is 6.12. The summed E-state index contributed by atoms with van der Waals surface area (Å²) < 4.78 is 1.52. The number of carbonyl (C=O) groups excluding carboxylic acids is 1.